The molecule has 1 unspecified atom stereocenters. The molecule has 2 N–H and O–H groups in total. The number of amides is 2. The number of para-hydroxylation sites is 2. The molecule has 180 valence electrons. The largest absolute Gasteiger partial charge is 0.356 e. The fourth-order valence-electron chi connectivity index (χ4n) is 4.17. The van der Waals surface area contributed by atoms with Gasteiger partial charge >= 0.3 is 0 Å². The van der Waals surface area contributed by atoms with Crippen LogP contribution in [0, 0.1) is 11.8 Å². The molecular formula is C26H30FN3O4. The van der Waals surface area contributed by atoms with Gasteiger partial charge in [0.25, 0.3) is 0 Å². The molecule has 0 spiro atoms. The van der Waals surface area contributed by atoms with Gasteiger partial charge in [-0.1, -0.05) is 50.2 Å². The third kappa shape index (κ3) is 5.32. The summed E-state index contributed by atoms with van der Waals surface area (Å²) >= 11 is 0. The van der Waals surface area contributed by atoms with Crippen LogP contribution in [-0.2, 0) is 14.4 Å². The van der Waals surface area contributed by atoms with Crippen LogP contribution < -0.4 is 10.6 Å². The molecule has 2 atom stereocenters. The molecule has 3 aromatic rings. The maximum atomic E-state index is 13.5. The van der Waals surface area contributed by atoms with Crippen molar-refractivity contribution in [3.05, 3.63) is 48.5 Å². The lowest BCUT2D eigenvalue weighted by molar-refractivity contribution is -0.133. The summed E-state index contributed by atoms with van der Waals surface area (Å²) in [5.74, 6) is -3.16. The van der Waals surface area contributed by atoms with Gasteiger partial charge in [0, 0.05) is 29.7 Å². The van der Waals surface area contributed by atoms with Crippen molar-refractivity contribution < 1.29 is 23.6 Å². The minimum atomic E-state index is -1.29. The highest BCUT2D eigenvalue weighted by Crippen LogP contribution is 2.30. The van der Waals surface area contributed by atoms with Crippen LogP contribution in [0.5, 0.6) is 0 Å². The minimum absolute atomic E-state index is 0.107. The first-order valence-electron chi connectivity index (χ1n) is 11.5. The number of benzene rings is 2. The van der Waals surface area contributed by atoms with Crippen LogP contribution in [0.1, 0.15) is 38.4 Å². The van der Waals surface area contributed by atoms with Crippen molar-refractivity contribution >= 4 is 45.3 Å². The van der Waals surface area contributed by atoms with Gasteiger partial charge in [0.05, 0.1) is 23.5 Å². The van der Waals surface area contributed by atoms with Crippen molar-refractivity contribution in [2.24, 2.45) is 11.8 Å². The normalized spacial score (nSPS) is 13.1. The predicted octanol–water partition coefficient (Wildman–Crippen LogP) is 3.65. The zero-order valence-corrected chi connectivity index (χ0v) is 19.6. The number of nitrogens with one attached hydrogen (secondary N) is 2. The van der Waals surface area contributed by atoms with E-state index in [2.05, 4.69) is 10.6 Å². The standard InChI is InChI=1S/C26H30FN3O4/c1-4-28-24(32)14-20(23(31)15-27)29-26(34)19(16(2)3)13-25(33)30-21-11-7-5-9-17(21)18-10-6-8-12-22(18)30/h5-12,16,19-20H,4,13-15H2,1-3H3,(H,28,32)(H,29,34)/t19-,20?/m0/s1. The van der Waals surface area contributed by atoms with Crippen LogP contribution in [0.25, 0.3) is 21.8 Å². The Labute approximate surface area is 197 Å². The molecule has 0 radical (unpaired) electrons. The van der Waals surface area contributed by atoms with E-state index in [1.165, 1.54) is 0 Å². The predicted molar refractivity (Wildman–Crippen MR) is 129 cm³/mol. The Hall–Kier alpha value is -3.55. The average molecular weight is 468 g/mol. The number of alkyl halides is 1. The van der Waals surface area contributed by atoms with Crippen molar-refractivity contribution in [2.45, 2.75) is 39.7 Å². The molecule has 2 amide bonds. The van der Waals surface area contributed by atoms with Crippen LogP contribution in [0.15, 0.2) is 48.5 Å². The van der Waals surface area contributed by atoms with Crippen molar-refractivity contribution in [3.63, 3.8) is 0 Å². The molecule has 34 heavy (non-hydrogen) atoms. The number of Topliss-reactive ketones (excluding diaryl/α,β-unsaturated/α-hetero) is 1. The number of hydrogen-bond acceptors (Lipinski definition) is 4. The highest BCUT2D eigenvalue weighted by atomic mass is 19.1. The second kappa shape index (κ2) is 11.0. The van der Waals surface area contributed by atoms with Gasteiger partial charge in [0.15, 0.2) is 5.78 Å². The summed E-state index contributed by atoms with van der Waals surface area (Å²) in [4.78, 5) is 50.6. The molecule has 0 aliphatic heterocycles. The fraction of sp³-hybridized carbons (Fsp3) is 0.385. The monoisotopic (exact) mass is 467 g/mol. The van der Waals surface area contributed by atoms with Gasteiger partial charge in [-0.3, -0.25) is 23.7 Å². The van der Waals surface area contributed by atoms with Crippen LogP contribution in [0.3, 0.4) is 0 Å². The summed E-state index contributed by atoms with van der Waals surface area (Å²) in [6.07, 6.45) is -0.460. The van der Waals surface area contributed by atoms with Gasteiger partial charge in [0.1, 0.15) is 6.67 Å². The summed E-state index contributed by atoms with van der Waals surface area (Å²) in [6.45, 7) is 4.39. The number of carbonyl (C=O) groups is 4. The third-order valence-electron chi connectivity index (χ3n) is 5.97. The zero-order chi connectivity index (χ0) is 24.8. The van der Waals surface area contributed by atoms with E-state index >= 15 is 0 Å². The summed E-state index contributed by atoms with van der Waals surface area (Å²) in [6, 6.07) is 13.9. The Bertz CT molecular complexity index is 1160. The number of hydrogen-bond donors (Lipinski definition) is 2. The van der Waals surface area contributed by atoms with Crippen LogP contribution in [-0.4, -0.2) is 47.3 Å². The Balaban J connectivity index is 1.87. The molecule has 1 aromatic heterocycles. The third-order valence-corrected chi connectivity index (χ3v) is 5.97. The van der Waals surface area contributed by atoms with E-state index in [1.807, 2.05) is 48.5 Å². The molecule has 1 heterocycles. The lowest BCUT2D eigenvalue weighted by atomic mass is 9.90. The van der Waals surface area contributed by atoms with E-state index in [-0.39, 0.29) is 24.7 Å². The Morgan fingerprint density at radius 3 is 1.97 bits per heavy atom. The summed E-state index contributed by atoms with van der Waals surface area (Å²) in [5, 5.41) is 6.93. The average Bonchev–Trinajstić information content (AvgIpc) is 3.16. The number of halogens is 1. The van der Waals surface area contributed by atoms with Gasteiger partial charge in [-0.15, -0.1) is 0 Å². The summed E-state index contributed by atoms with van der Waals surface area (Å²) in [5.41, 5.74) is 1.50. The van der Waals surface area contributed by atoms with Crippen LogP contribution in [0.4, 0.5) is 4.39 Å². The van der Waals surface area contributed by atoms with Crippen LogP contribution >= 0.6 is 0 Å². The highest BCUT2D eigenvalue weighted by Gasteiger charge is 2.31. The quantitative estimate of drug-likeness (QED) is 0.476. The number of aromatic nitrogens is 1. The molecule has 2 aromatic carbocycles. The van der Waals surface area contributed by atoms with Gasteiger partial charge in [-0.2, -0.15) is 0 Å². The summed E-state index contributed by atoms with van der Waals surface area (Å²) in [7, 11) is 0. The molecule has 7 nitrogen and oxygen atoms in total. The first kappa shape index (κ1) is 25.1. The molecule has 8 heteroatoms. The molecular weight excluding hydrogens is 437 g/mol. The van der Waals surface area contributed by atoms with Crippen molar-refractivity contribution in [2.75, 3.05) is 13.2 Å². The molecule has 0 bridgehead atoms. The lowest BCUT2D eigenvalue weighted by Gasteiger charge is -2.23. The molecule has 0 aliphatic rings. The molecule has 0 aliphatic carbocycles. The topological polar surface area (TPSA) is 97.3 Å². The number of carbonyl (C=O) groups excluding carboxylic acids is 4. The second-order valence-corrected chi connectivity index (χ2v) is 8.64. The SMILES string of the molecule is CCNC(=O)CC(NC(=O)[C@@H](CC(=O)n1c2ccccc2c2ccccc21)C(C)C)C(=O)CF. The van der Waals surface area contributed by atoms with Gasteiger partial charge in [0.2, 0.25) is 17.7 Å². The van der Waals surface area contributed by atoms with Gasteiger partial charge < -0.3 is 10.6 Å². The smallest absolute Gasteiger partial charge is 0.232 e. The van der Waals surface area contributed by atoms with E-state index < -0.39 is 36.2 Å². The first-order chi connectivity index (χ1) is 16.3. The molecule has 3 rings (SSSR count). The maximum Gasteiger partial charge on any atom is 0.232 e. The van der Waals surface area contributed by atoms with E-state index in [9.17, 15) is 23.6 Å². The van der Waals surface area contributed by atoms with Crippen molar-refractivity contribution in [1.29, 1.82) is 0 Å². The summed E-state index contributed by atoms with van der Waals surface area (Å²) < 4.78 is 14.7. The molecule has 0 saturated heterocycles. The fourth-order valence-corrected chi connectivity index (χ4v) is 4.17. The zero-order valence-electron chi connectivity index (χ0n) is 19.6. The van der Waals surface area contributed by atoms with Crippen molar-refractivity contribution in [3.8, 4) is 0 Å². The van der Waals surface area contributed by atoms with Crippen LogP contribution in [0.2, 0.25) is 0 Å². The Morgan fingerprint density at radius 1 is 0.912 bits per heavy atom. The number of ketones is 1. The maximum absolute atomic E-state index is 13.5. The van der Waals surface area contributed by atoms with E-state index in [0.717, 1.165) is 21.8 Å². The van der Waals surface area contributed by atoms with Crippen molar-refractivity contribution in [1.82, 2.24) is 15.2 Å². The van der Waals surface area contributed by atoms with Gasteiger partial charge in [-0.05, 0) is 25.0 Å². The number of nitrogens with zero attached hydrogens (tertiary/aromatic N) is 1. The minimum Gasteiger partial charge on any atom is -0.356 e. The molecule has 0 saturated carbocycles. The Kier molecular flexibility index (Phi) is 8.15. The van der Waals surface area contributed by atoms with Gasteiger partial charge in [-0.25, -0.2) is 4.39 Å². The van der Waals surface area contributed by atoms with E-state index in [0.29, 0.717) is 6.54 Å². The second-order valence-electron chi connectivity index (χ2n) is 8.64. The Morgan fingerprint density at radius 2 is 1.47 bits per heavy atom. The number of fused-ring (bicyclic) bond motifs is 3. The lowest BCUT2D eigenvalue weighted by Crippen LogP contribution is -2.48. The van der Waals surface area contributed by atoms with E-state index in [1.54, 1.807) is 25.3 Å². The first-order valence-corrected chi connectivity index (χ1v) is 11.5. The number of rotatable bonds is 10. The molecule has 0 fully saturated rings. The highest BCUT2D eigenvalue weighted by molar-refractivity contribution is 6.13. The van der Waals surface area contributed by atoms with E-state index in [4.69, 9.17) is 0 Å².